The maximum atomic E-state index is 15.3. The highest BCUT2D eigenvalue weighted by atomic mass is 28.3. The van der Waals surface area contributed by atoms with Crippen LogP contribution in [0, 0.1) is 34.7 Å². The second-order valence-electron chi connectivity index (χ2n) is 10.8. The number of esters is 1. The molecule has 0 aliphatic heterocycles. The molecule has 0 radical (unpaired) electrons. The number of nitrogens with one attached hydrogen (secondary N) is 1. The van der Waals surface area contributed by atoms with Crippen LogP contribution in [-0.4, -0.2) is 36.9 Å². The van der Waals surface area contributed by atoms with Crippen LogP contribution in [0.25, 0.3) is 16.6 Å². The molecular weight excluding hydrogens is 548 g/mol. The minimum absolute atomic E-state index is 0.115. The van der Waals surface area contributed by atoms with Crippen LogP contribution >= 0.6 is 0 Å². The van der Waals surface area contributed by atoms with E-state index in [1.165, 1.54) is 6.92 Å². The van der Waals surface area contributed by atoms with E-state index in [9.17, 15) is 23.2 Å². The van der Waals surface area contributed by atoms with Gasteiger partial charge in [0.05, 0.1) is 34.4 Å². The van der Waals surface area contributed by atoms with Crippen molar-refractivity contribution >= 4 is 36.7 Å². The number of carbonyl (C=O) groups is 2. The molecule has 0 atom stereocenters. The topological polar surface area (TPSA) is 86.6 Å². The van der Waals surface area contributed by atoms with Gasteiger partial charge >= 0.3 is 12.1 Å². The first-order chi connectivity index (χ1) is 18.4. The molecule has 1 N–H and O–H groups in total. The van der Waals surface area contributed by atoms with Crippen LogP contribution in [0.3, 0.4) is 0 Å². The predicted octanol–water partition coefficient (Wildman–Crippen LogP) is 6.30. The van der Waals surface area contributed by atoms with Gasteiger partial charge < -0.3 is 14.0 Å². The third kappa shape index (κ3) is 6.71. The number of amides is 1. The molecule has 40 heavy (non-hydrogen) atoms. The minimum Gasteiger partial charge on any atom is -0.462 e. The number of ether oxygens (including phenoxy) is 2. The van der Waals surface area contributed by atoms with Crippen LogP contribution in [0.15, 0.2) is 29.2 Å². The highest BCUT2D eigenvalue weighted by Crippen LogP contribution is 2.30. The van der Waals surface area contributed by atoms with Crippen molar-refractivity contribution in [2.24, 2.45) is 0 Å². The zero-order valence-electron chi connectivity index (χ0n) is 23.0. The molecule has 3 rings (SSSR count). The first-order valence-electron chi connectivity index (χ1n) is 12.2. The average Bonchev–Trinajstić information content (AvgIpc) is 2.80. The normalized spacial score (nSPS) is 11.6. The van der Waals surface area contributed by atoms with Crippen LogP contribution in [-0.2, 0) is 9.47 Å². The van der Waals surface area contributed by atoms with E-state index in [0.29, 0.717) is 12.1 Å². The molecule has 0 aliphatic carbocycles. The van der Waals surface area contributed by atoms with Crippen molar-refractivity contribution in [3.8, 4) is 17.2 Å². The number of hydrogen-bond acceptors (Lipinski definition) is 5. The van der Waals surface area contributed by atoms with Crippen molar-refractivity contribution in [1.82, 2.24) is 4.57 Å². The van der Waals surface area contributed by atoms with Gasteiger partial charge in [0, 0.05) is 12.3 Å². The van der Waals surface area contributed by atoms with Gasteiger partial charge in [-0.25, -0.2) is 27.2 Å². The summed E-state index contributed by atoms with van der Waals surface area (Å²) in [7, 11) is -2.18. The monoisotopic (exact) mass is 576 g/mol. The number of rotatable bonds is 4. The average molecular weight is 577 g/mol. The van der Waals surface area contributed by atoms with Crippen LogP contribution in [0.5, 0.6) is 0 Å². The number of anilines is 1. The Morgan fingerprint density at radius 2 is 1.68 bits per heavy atom. The molecule has 1 aromatic heterocycles. The summed E-state index contributed by atoms with van der Waals surface area (Å²) in [6.45, 7) is 11.7. The maximum absolute atomic E-state index is 15.3. The Labute approximate surface area is 229 Å². The number of fused-ring (bicyclic) bond motifs is 1. The molecule has 0 bridgehead atoms. The highest BCUT2D eigenvalue weighted by Gasteiger charge is 2.26. The van der Waals surface area contributed by atoms with E-state index in [0.717, 1.165) is 16.8 Å². The number of aromatic nitrogens is 1. The Balaban J connectivity index is 2.47. The second-order valence-corrected chi connectivity index (χ2v) is 15.6. The first-order valence-corrected chi connectivity index (χ1v) is 15.7. The van der Waals surface area contributed by atoms with E-state index < -0.39 is 82.3 Å². The minimum atomic E-state index is -2.18. The van der Waals surface area contributed by atoms with Crippen molar-refractivity contribution in [3.05, 3.63) is 69.0 Å². The summed E-state index contributed by atoms with van der Waals surface area (Å²) >= 11 is 0. The highest BCUT2D eigenvalue weighted by molar-refractivity contribution is 6.83. The van der Waals surface area contributed by atoms with Crippen LogP contribution in [0.4, 0.5) is 28.0 Å². The summed E-state index contributed by atoms with van der Waals surface area (Å²) in [6.07, 6.45) is -0.163. The van der Waals surface area contributed by atoms with Crippen molar-refractivity contribution in [3.63, 3.8) is 0 Å². The van der Waals surface area contributed by atoms with E-state index in [4.69, 9.17) is 9.47 Å². The zero-order chi connectivity index (χ0) is 30.2. The molecule has 0 saturated heterocycles. The number of carbonyl (C=O) groups excluding carboxylic acids is 2. The molecule has 0 fully saturated rings. The van der Waals surface area contributed by atoms with Gasteiger partial charge in [0.1, 0.15) is 30.9 Å². The summed E-state index contributed by atoms with van der Waals surface area (Å²) in [6, 6.07) is 1.89. The largest absolute Gasteiger partial charge is 0.462 e. The molecule has 1 heterocycles. The standard InChI is InChI=1S/C28H28F4N2O5Si/c1-8-38-26(36)17-14-34(22-13-21(18(29)12-19(22)30)33-27(37)39-28(2,3)4)24-15(9-10-40(5,6)7)23(32)20(31)11-16(24)25(17)35/h11-14H,8H2,1-7H3,(H,33,37). The first kappa shape index (κ1) is 30.4. The lowest BCUT2D eigenvalue weighted by atomic mass is 10.0. The van der Waals surface area contributed by atoms with Gasteiger partial charge in [-0.15, -0.1) is 5.54 Å². The molecule has 12 heteroatoms. The van der Waals surface area contributed by atoms with Crippen molar-refractivity contribution in [1.29, 1.82) is 0 Å². The fourth-order valence-electron chi connectivity index (χ4n) is 3.58. The molecule has 3 aromatic rings. The van der Waals surface area contributed by atoms with Crippen molar-refractivity contribution in [2.45, 2.75) is 52.9 Å². The Bertz CT molecular complexity index is 1640. The fraction of sp³-hybridized carbons (Fsp3) is 0.321. The number of hydrogen-bond donors (Lipinski definition) is 1. The fourth-order valence-corrected chi connectivity index (χ4v) is 4.08. The molecule has 1 amide bonds. The van der Waals surface area contributed by atoms with Gasteiger partial charge in [-0.3, -0.25) is 10.1 Å². The number of halogens is 4. The molecule has 0 aliphatic rings. The lowest BCUT2D eigenvalue weighted by molar-refractivity contribution is 0.0523. The lowest BCUT2D eigenvalue weighted by Gasteiger charge is -2.20. The predicted molar refractivity (Wildman–Crippen MR) is 145 cm³/mol. The van der Waals surface area contributed by atoms with Gasteiger partial charge in [-0.2, -0.15) is 0 Å². The van der Waals surface area contributed by atoms with E-state index in [1.807, 2.05) is 19.6 Å². The Kier molecular flexibility index (Phi) is 8.50. The van der Waals surface area contributed by atoms with E-state index in [2.05, 4.69) is 16.8 Å². The van der Waals surface area contributed by atoms with Gasteiger partial charge in [-0.05, 0) is 39.8 Å². The summed E-state index contributed by atoms with van der Waals surface area (Å²) < 4.78 is 70.9. The summed E-state index contributed by atoms with van der Waals surface area (Å²) in [4.78, 5) is 38.2. The second kappa shape index (κ2) is 11.2. The number of nitrogens with zero attached hydrogens (tertiary/aromatic N) is 1. The van der Waals surface area contributed by atoms with Crippen LogP contribution < -0.4 is 10.7 Å². The molecule has 0 saturated carbocycles. The Hall–Kier alpha value is -4.11. The lowest BCUT2D eigenvalue weighted by Crippen LogP contribution is -2.27. The zero-order valence-corrected chi connectivity index (χ0v) is 24.0. The number of benzene rings is 2. The van der Waals surface area contributed by atoms with E-state index in [-0.39, 0.29) is 12.1 Å². The molecular formula is C28H28F4N2O5Si. The summed E-state index contributed by atoms with van der Waals surface area (Å²) in [5.74, 6) is -3.70. The van der Waals surface area contributed by atoms with Crippen molar-refractivity contribution in [2.75, 3.05) is 11.9 Å². The molecule has 7 nitrogen and oxygen atoms in total. The molecule has 0 unspecified atom stereocenters. The Morgan fingerprint density at radius 1 is 1.02 bits per heavy atom. The van der Waals surface area contributed by atoms with Gasteiger partial charge in [-0.1, -0.05) is 25.6 Å². The van der Waals surface area contributed by atoms with E-state index >= 15 is 8.78 Å². The SMILES string of the molecule is CCOC(=O)c1cn(-c2cc(NC(=O)OC(C)(C)C)c(F)cc2F)c2c(C#C[Si](C)(C)C)c(F)c(F)cc2c1=O. The molecule has 0 spiro atoms. The third-order valence-electron chi connectivity index (χ3n) is 5.17. The van der Waals surface area contributed by atoms with Gasteiger partial charge in [0.25, 0.3) is 0 Å². The third-order valence-corrected chi connectivity index (χ3v) is 6.05. The van der Waals surface area contributed by atoms with Crippen LogP contribution in [0.1, 0.15) is 43.6 Å². The molecule has 212 valence electrons. The summed E-state index contributed by atoms with van der Waals surface area (Å²) in [5, 5.41) is 1.68. The molecule has 2 aromatic carbocycles. The Morgan fingerprint density at radius 3 is 2.25 bits per heavy atom. The summed E-state index contributed by atoms with van der Waals surface area (Å²) in [5.41, 5.74) is -1.62. The quantitative estimate of drug-likeness (QED) is 0.171. The van der Waals surface area contributed by atoms with Crippen LogP contribution in [0.2, 0.25) is 19.6 Å². The number of pyridine rings is 1. The van der Waals surface area contributed by atoms with Gasteiger partial charge in [0.2, 0.25) is 5.43 Å². The van der Waals surface area contributed by atoms with Crippen molar-refractivity contribution < 1.29 is 36.6 Å². The maximum Gasteiger partial charge on any atom is 0.412 e. The van der Waals surface area contributed by atoms with Gasteiger partial charge in [0.15, 0.2) is 11.6 Å². The van der Waals surface area contributed by atoms with E-state index in [1.54, 1.807) is 20.8 Å². The smallest absolute Gasteiger partial charge is 0.412 e.